The largest absolute Gasteiger partial charge is 0.495 e. The maximum atomic E-state index is 11.4. The van der Waals surface area contributed by atoms with Crippen LogP contribution in [0.25, 0.3) is 0 Å². The van der Waals surface area contributed by atoms with E-state index in [1.54, 1.807) is 26.3 Å². The van der Waals surface area contributed by atoms with Crippen molar-refractivity contribution in [3.8, 4) is 5.75 Å². The van der Waals surface area contributed by atoms with E-state index in [0.29, 0.717) is 12.4 Å². The second-order valence-corrected chi connectivity index (χ2v) is 5.89. The van der Waals surface area contributed by atoms with Gasteiger partial charge in [-0.25, -0.2) is 9.78 Å². The highest BCUT2D eigenvalue weighted by Crippen LogP contribution is 2.29. The molecule has 1 aromatic carbocycles. The molecule has 7 nitrogen and oxygen atoms in total. The number of carbonyl (C=O) groups is 1. The molecule has 0 spiro atoms. The van der Waals surface area contributed by atoms with E-state index in [0.717, 1.165) is 43.3 Å². The second-order valence-electron chi connectivity index (χ2n) is 5.89. The van der Waals surface area contributed by atoms with Crippen LogP contribution in [0, 0.1) is 0 Å². The molecule has 1 aromatic heterocycles. The number of carbonyl (C=O) groups excluding carboxylic acids is 1. The van der Waals surface area contributed by atoms with Gasteiger partial charge in [0, 0.05) is 26.2 Å². The van der Waals surface area contributed by atoms with Gasteiger partial charge in [-0.05, 0) is 31.2 Å². The molecule has 138 valence electrons. The molecule has 1 aliphatic rings. The average molecular weight is 356 g/mol. The Hall–Kier alpha value is -2.96. The highest BCUT2D eigenvalue weighted by molar-refractivity contribution is 5.83. The number of benzene rings is 1. The first kappa shape index (κ1) is 17.8. The van der Waals surface area contributed by atoms with Crippen LogP contribution >= 0.6 is 0 Å². The summed E-state index contributed by atoms with van der Waals surface area (Å²) in [4.78, 5) is 20.3. The zero-order valence-electron chi connectivity index (χ0n) is 15.1. The van der Waals surface area contributed by atoms with Gasteiger partial charge in [-0.2, -0.15) is 0 Å². The molecule has 7 heteroatoms. The average Bonchev–Trinajstić information content (AvgIpc) is 2.69. The standard InChI is InChI=1S/C19H24N4O3/c1-3-26-19(24)21-18-9-8-15(14-20-18)22-10-12-23(13-11-22)16-6-4-5-7-17(16)25-2/h4-9,14H,3,10-13H2,1-2H3,(H,20,21,24). The van der Waals surface area contributed by atoms with Crippen LogP contribution in [0.1, 0.15) is 6.92 Å². The zero-order chi connectivity index (χ0) is 18.4. The summed E-state index contributed by atoms with van der Waals surface area (Å²) in [6, 6.07) is 11.8. The predicted octanol–water partition coefficient (Wildman–Crippen LogP) is 2.99. The monoisotopic (exact) mass is 356 g/mol. The van der Waals surface area contributed by atoms with Crippen molar-refractivity contribution >= 4 is 23.3 Å². The second kappa shape index (κ2) is 8.42. The van der Waals surface area contributed by atoms with E-state index in [4.69, 9.17) is 9.47 Å². The van der Waals surface area contributed by atoms with Crippen LogP contribution in [-0.4, -0.2) is 51.0 Å². The molecule has 1 fully saturated rings. The maximum Gasteiger partial charge on any atom is 0.412 e. The number of pyridine rings is 1. The Morgan fingerprint density at radius 1 is 1.12 bits per heavy atom. The normalized spacial score (nSPS) is 14.1. The number of ether oxygens (including phenoxy) is 2. The Kier molecular flexibility index (Phi) is 5.78. The number of aromatic nitrogens is 1. The highest BCUT2D eigenvalue weighted by atomic mass is 16.5. The summed E-state index contributed by atoms with van der Waals surface area (Å²) >= 11 is 0. The maximum absolute atomic E-state index is 11.4. The fourth-order valence-corrected chi connectivity index (χ4v) is 3.02. The molecule has 0 saturated carbocycles. The van der Waals surface area contributed by atoms with Crippen LogP contribution in [0.15, 0.2) is 42.6 Å². The van der Waals surface area contributed by atoms with Gasteiger partial charge in [0.05, 0.1) is 31.3 Å². The Bertz CT molecular complexity index is 728. The molecule has 0 radical (unpaired) electrons. The van der Waals surface area contributed by atoms with Crippen molar-refractivity contribution in [2.24, 2.45) is 0 Å². The van der Waals surface area contributed by atoms with Crippen molar-refractivity contribution < 1.29 is 14.3 Å². The molecule has 2 aromatic rings. The van der Waals surface area contributed by atoms with Gasteiger partial charge in [0.15, 0.2) is 0 Å². The first-order valence-electron chi connectivity index (χ1n) is 8.74. The van der Waals surface area contributed by atoms with E-state index < -0.39 is 6.09 Å². The van der Waals surface area contributed by atoms with Gasteiger partial charge in [-0.3, -0.25) is 5.32 Å². The molecule has 2 heterocycles. The fraction of sp³-hybridized carbons (Fsp3) is 0.368. The lowest BCUT2D eigenvalue weighted by molar-refractivity contribution is 0.168. The molecule has 1 saturated heterocycles. The van der Waals surface area contributed by atoms with Crippen LogP contribution < -0.4 is 19.9 Å². The Balaban J connectivity index is 1.59. The summed E-state index contributed by atoms with van der Waals surface area (Å²) in [6.07, 6.45) is 1.29. The number of methoxy groups -OCH3 is 1. The Morgan fingerprint density at radius 3 is 2.50 bits per heavy atom. The van der Waals surface area contributed by atoms with Crippen molar-refractivity contribution in [2.75, 3.05) is 55.0 Å². The van der Waals surface area contributed by atoms with Crippen LogP contribution in [0.4, 0.5) is 22.0 Å². The lowest BCUT2D eigenvalue weighted by Crippen LogP contribution is -2.46. The molecule has 0 aliphatic carbocycles. The summed E-state index contributed by atoms with van der Waals surface area (Å²) in [5, 5.41) is 2.60. The van der Waals surface area contributed by atoms with E-state index >= 15 is 0 Å². The van der Waals surface area contributed by atoms with Gasteiger partial charge in [0.1, 0.15) is 11.6 Å². The lowest BCUT2D eigenvalue weighted by Gasteiger charge is -2.37. The minimum Gasteiger partial charge on any atom is -0.495 e. The molecular weight excluding hydrogens is 332 g/mol. The number of hydrogen-bond acceptors (Lipinski definition) is 6. The van der Waals surface area contributed by atoms with Gasteiger partial charge in [0.2, 0.25) is 0 Å². The van der Waals surface area contributed by atoms with E-state index in [9.17, 15) is 4.79 Å². The van der Waals surface area contributed by atoms with E-state index in [1.807, 2.05) is 24.3 Å². The highest BCUT2D eigenvalue weighted by Gasteiger charge is 2.20. The minimum atomic E-state index is -0.488. The smallest absolute Gasteiger partial charge is 0.412 e. The molecule has 1 aliphatic heterocycles. The van der Waals surface area contributed by atoms with Crippen molar-refractivity contribution in [1.82, 2.24) is 4.98 Å². The van der Waals surface area contributed by atoms with Crippen molar-refractivity contribution in [3.05, 3.63) is 42.6 Å². The number of nitrogens with zero attached hydrogens (tertiary/aromatic N) is 3. The number of para-hydroxylation sites is 2. The molecular formula is C19H24N4O3. The first-order valence-corrected chi connectivity index (χ1v) is 8.74. The summed E-state index contributed by atoms with van der Waals surface area (Å²) in [5.74, 6) is 1.39. The van der Waals surface area contributed by atoms with E-state index in [1.165, 1.54) is 0 Å². The van der Waals surface area contributed by atoms with E-state index in [2.05, 4.69) is 26.2 Å². The van der Waals surface area contributed by atoms with Crippen molar-refractivity contribution in [2.45, 2.75) is 6.92 Å². The van der Waals surface area contributed by atoms with Crippen LogP contribution in [0.5, 0.6) is 5.75 Å². The predicted molar refractivity (Wildman–Crippen MR) is 102 cm³/mol. The molecule has 3 rings (SSSR count). The molecule has 1 amide bonds. The number of amides is 1. The van der Waals surface area contributed by atoms with Crippen molar-refractivity contribution in [3.63, 3.8) is 0 Å². The fourth-order valence-electron chi connectivity index (χ4n) is 3.02. The Labute approximate surface area is 153 Å². The quantitative estimate of drug-likeness (QED) is 0.888. The van der Waals surface area contributed by atoms with Crippen LogP contribution in [0.2, 0.25) is 0 Å². The number of piperazine rings is 1. The molecule has 1 N–H and O–H groups in total. The van der Waals surface area contributed by atoms with Crippen molar-refractivity contribution in [1.29, 1.82) is 0 Å². The van der Waals surface area contributed by atoms with Crippen LogP contribution in [0.3, 0.4) is 0 Å². The lowest BCUT2D eigenvalue weighted by atomic mass is 10.2. The third-order valence-electron chi connectivity index (χ3n) is 4.32. The third kappa shape index (κ3) is 4.17. The van der Waals surface area contributed by atoms with Crippen LogP contribution in [-0.2, 0) is 4.74 Å². The summed E-state index contributed by atoms with van der Waals surface area (Å²) in [6.45, 7) is 5.70. The minimum absolute atomic E-state index is 0.334. The number of hydrogen-bond donors (Lipinski definition) is 1. The number of rotatable bonds is 5. The van der Waals surface area contributed by atoms with E-state index in [-0.39, 0.29) is 0 Å². The number of nitrogens with one attached hydrogen (secondary N) is 1. The molecule has 0 atom stereocenters. The third-order valence-corrected chi connectivity index (χ3v) is 4.32. The first-order chi connectivity index (χ1) is 12.7. The van der Waals surface area contributed by atoms with Gasteiger partial charge >= 0.3 is 6.09 Å². The molecule has 0 unspecified atom stereocenters. The van der Waals surface area contributed by atoms with Gasteiger partial charge in [0.25, 0.3) is 0 Å². The zero-order valence-corrected chi connectivity index (χ0v) is 15.1. The topological polar surface area (TPSA) is 66.9 Å². The Morgan fingerprint density at radius 2 is 1.85 bits per heavy atom. The van der Waals surface area contributed by atoms with Gasteiger partial charge in [-0.1, -0.05) is 12.1 Å². The molecule has 26 heavy (non-hydrogen) atoms. The van der Waals surface area contributed by atoms with Gasteiger partial charge < -0.3 is 19.3 Å². The summed E-state index contributed by atoms with van der Waals surface area (Å²) < 4.78 is 10.3. The number of anilines is 3. The molecule has 0 bridgehead atoms. The summed E-state index contributed by atoms with van der Waals surface area (Å²) in [5.41, 5.74) is 2.17. The SMILES string of the molecule is CCOC(=O)Nc1ccc(N2CCN(c3ccccc3OC)CC2)cn1. The summed E-state index contributed by atoms with van der Waals surface area (Å²) in [7, 11) is 1.70. The van der Waals surface area contributed by atoms with Gasteiger partial charge in [-0.15, -0.1) is 0 Å².